The lowest BCUT2D eigenvalue weighted by Crippen LogP contribution is -1.91. The molecule has 1 nitrogen and oxygen atoms in total. The fraction of sp³-hybridized carbons (Fsp3) is 0.0769. The highest BCUT2D eigenvalue weighted by Gasteiger charge is 2.39. The Morgan fingerprint density at radius 2 is 1.35 bits per heavy atom. The number of hydrogen-bond donors (Lipinski definition) is 0. The summed E-state index contributed by atoms with van der Waals surface area (Å²) in [6, 6.07) is 14.7. The number of fused-ring (bicyclic) bond motifs is 3. The molecular weight excluding hydrogens is 274 g/mol. The number of halogens is 2. The van der Waals surface area contributed by atoms with Crippen molar-refractivity contribution in [2.45, 2.75) is 5.64 Å². The van der Waals surface area contributed by atoms with Gasteiger partial charge in [0.25, 0.3) is 5.85 Å². The normalized spacial score (nSPS) is 17.2. The lowest BCUT2D eigenvalue weighted by molar-refractivity contribution is 0.589. The van der Waals surface area contributed by atoms with Crippen LogP contribution >= 0.6 is 28.3 Å². The zero-order valence-corrected chi connectivity index (χ0v) is 11.1. The molecule has 0 heterocycles. The lowest BCUT2D eigenvalue weighted by atomic mass is 10.1. The summed E-state index contributed by atoms with van der Waals surface area (Å²) in [6.45, 7) is 0. The van der Waals surface area contributed by atoms with Gasteiger partial charge in [0.15, 0.2) is 0 Å². The molecule has 17 heavy (non-hydrogen) atoms. The van der Waals surface area contributed by atoms with Gasteiger partial charge in [-0.15, -0.1) is 0 Å². The number of rotatable bonds is 1. The topological polar surface area (TPSA) is 17.1 Å². The summed E-state index contributed by atoms with van der Waals surface area (Å²) in [5, 5.41) is 0. The molecule has 86 valence electrons. The minimum atomic E-state index is -3.68. The monoisotopic (exact) mass is 283 g/mol. The van der Waals surface area contributed by atoms with Crippen LogP contribution in [-0.4, -0.2) is 0 Å². The van der Waals surface area contributed by atoms with Crippen LogP contribution in [0.15, 0.2) is 48.5 Å². The predicted octanol–water partition coefficient (Wildman–Crippen LogP) is 5.43. The molecule has 0 aromatic heterocycles. The van der Waals surface area contributed by atoms with Gasteiger partial charge in [0.05, 0.1) is 7.01 Å². The summed E-state index contributed by atoms with van der Waals surface area (Å²) < 4.78 is 20.8. The molecular formula is C13H9Cl2OP. The van der Waals surface area contributed by atoms with E-state index in [4.69, 9.17) is 23.9 Å². The molecule has 0 saturated carbocycles. The van der Waals surface area contributed by atoms with Gasteiger partial charge in [-0.1, -0.05) is 48.5 Å². The highest BCUT2D eigenvalue weighted by Crippen LogP contribution is 2.73. The first kappa shape index (κ1) is 10.2. The molecule has 0 spiro atoms. The Labute approximate surface area is 111 Å². The van der Waals surface area contributed by atoms with Crippen molar-refractivity contribution in [1.82, 2.24) is 0 Å². The maximum Gasteiger partial charge on any atom is 0.264 e. The quantitative estimate of drug-likeness (QED) is 0.638. The van der Waals surface area contributed by atoms with Crippen LogP contribution in [0.2, 0.25) is 0 Å². The lowest BCUT2D eigenvalue weighted by Gasteiger charge is -2.13. The molecule has 0 bridgehead atoms. The van der Waals surface area contributed by atoms with E-state index in [1.165, 1.54) is 0 Å². The fourth-order valence-electron chi connectivity index (χ4n) is 2.27. The fourth-order valence-corrected chi connectivity index (χ4v) is 4.32. The second-order valence-corrected chi connectivity index (χ2v) is 8.65. The van der Waals surface area contributed by atoms with Crippen molar-refractivity contribution in [3.8, 4) is 11.1 Å². The molecule has 0 atom stereocenters. The van der Waals surface area contributed by atoms with Crippen molar-refractivity contribution in [3.63, 3.8) is 0 Å². The van der Waals surface area contributed by atoms with Gasteiger partial charge >= 0.3 is 0 Å². The van der Waals surface area contributed by atoms with Gasteiger partial charge in [-0.2, -0.15) is 0 Å². The van der Waals surface area contributed by atoms with Gasteiger partial charge in [0.1, 0.15) is 0 Å². The summed E-state index contributed by atoms with van der Waals surface area (Å²) in [6.07, 6.45) is 0. The van der Waals surface area contributed by atoms with Gasteiger partial charge in [0, 0.05) is 0 Å². The summed E-state index contributed by atoms with van der Waals surface area (Å²) in [5.74, 6) is -3.68. The second-order valence-electron chi connectivity index (χ2n) is 3.90. The molecule has 0 saturated heterocycles. The van der Waals surface area contributed by atoms with E-state index in [1.54, 1.807) is 24.3 Å². The second kappa shape index (κ2) is 3.88. The van der Waals surface area contributed by atoms with Crippen molar-refractivity contribution in [1.29, 1.82) is 0 Å². The van der Waals surface area contributed by atoms with Crippen LogP contribution in [0.3, 0.4) is 0 Å². The molecule has 0 radical (unpaired) electrons. The molecule has 0 N–H and O–H groups in total. The minimum Gasteiger partial charge on any atom is -0.288 e. The molecule has 0 amide bonds. The molecule has 0 aliphatic heterocycles. The van der Waals surface area contributed by atoms with Crippen molar-refractivity contribution in [2.75, 3.05) is 0 Å². The van der Waals surface area contributed by atoms with E-state index in [2.05, 4.69) is 0 Å². The zero-order valence-electron chi connectivity index (χ0n) is 9.73. The molecule has 1 aliphatic rings. The van der Waals surface area contributed by atoms with Crippen molar-refractivity contribution in [3.05, 3.63) is 59.7 Å². The summed E-state index contributed by atoms with van der Waals surface area (Å²) in [7, 11) is 0. The Bertz CT molecular complexity index is 635. The van der Waals surface area contributed by atoms with Gasteiger partial charge in [0.2, 0.25) is 0 Å². The average molecular weight is 284 g/mol. The van der Waals surface area contributed by atoms with Gasteiger partial charge < -0.3 is 0 Å². The Morgan fingerprint density at radius 1 is 0.941 bits per heavy atom. The van der Waals surface area contributed by atoms with Gasteiger partial charge in [-0.3, -0.25) is 4.57 Å². The van der Waals surface area contributed by atoms with Crippen LogP contribution in [0.25, 0.3) is 11.1 Å². The van der Waals surface area contributed by atoms with E-state index >= 15 is 0 Å². The first-order chi connectivity index (χ1) is 8.46. The first-order valence-electron chi connectivity index (χ1n) is 5.65. The Kier molecular flexibility index (Phi) is 2.33. The first-order valence-corrected chi connectivity index (χ1v) is 8.67. The van der Waals surface area contributed by atoms with E-state index in [0.717, 1.165) is 11.1 Å². The third kappa shape index (κ3) is 1.74. The van der Waals surface area contributed by atoms with E-state index in [-0.39, 0.29) is 0 Å². The third-order valence-electron chi connectivity index (χ3n) is 2.91. The smallest absolute Gasteiger partial charge is 0.264 e. The predicted molar refractivity (Wildman–Crippen MR) is 73.0 cm³/mol. The summed E-state index contributed by atoms with van der Waals surface area (Å²) >= 11 is 11.7. The Morgan fingerprint density at radius 3 is 1.76 bits per heavy atom. The van der Waals surface area contributed by atoms with Crippen LogP contribution in [0.4, 0.5) is 0 Å². The van der Waals surface area contributed by atoms with Crippen LogP contribution < -0.4 is 0 Å². The largest absolute Gasteiger partial charge is 0.288 e. The zero-order chi connectivity index (χ0) is 13.0. The minimum absolute atomic E-state index is 0.611. The molecule has 2 aromatic rings. The van der Waals surface area contributed by atoms with Gasteiger partial charge in [-0.25, -0.2) is 0 Å². The number of benzene rings is 2. The van der Waals surface area contributed by atoms with E-state index in [0.29, 0.717) is 11.1 Å². The summed E-state index contributed by atoms with van der Waals surface area (Å²) in [5.41, 5.74) is 1.41. The molecule has 0 fully saturated rings. The van der Waals surface area contributed by atoms with E-state index in [9.17, 15) is 4.57 Å². The molecule has 0 unspecified atom stereocenters. The van der Waals surface area contributed by atoms with E-state index in [1.807, 2.05) is 24.3 Å². The van der Waals surface area contributed by atoms with E-state index < -0.39 is 11.5 Å². The molecule has 1 aliphatic carbocycles. The maximum absolute atomic E-state index is 12.2. The molecule has 4 heteroatoms. The van der Waals surface area contributed by atoms with Crippen LogP contribution in [0.5, 0.6) is 0 Å². The van der Waals surface area contributed by atoms with Crippen molar-refractivity contribution >= 4 is 28.3 Å². The standard InChI is InChI=1S/C13H9Cl2OP/c14-17(15,16)13-11-7-3-1-5-9(11)10-6-2-4-8-12(10)13/h1-8,13H/i13D. The van der Waals surface area contributed by atoms with Crippen molar-refractivity contribution in [2.24, 2.45) is 0 Å². The molecule has 2 aromatic carbocycles. The molecule has 3 rings (SSSR count). The van der Waals surface area contributed by atoms with Gasteiger partial charge in [-0.05, 0) is 44.7 Å². The SMILES string of the molecule is [2H]C1(P(=O)(Cl)Cl)c2ccccc2-c2ccccc21. The summed E-state index contributed by atoms with van der Waals surface area (Å²) in [4.78, 5) is 0. The highest BCUT2D eigenvalue weighted by molar-refractivity contribution is 8.08. The van der Waals surface area contributed by atoms with Crippen LogP contribution in [-0.2, 0) is 4.57 Å². The average Bonchev–Trinajstić information content (AvgIpc) is 2.62. The highest BCUT2D eigenvalue weighted by atomic mass is 35.9. The van der Waals surface area contributed by atoms with Crippen LogP contribution in [0, 0.1) is 0 Å². The number of hydrogen-bond acceptors (Lipinski definition) is 1. The van der Waals surface area contributed by atoms with Crippen molar-refractivity contribution < 1.29 is 5.94 Å². The third-order valence-corrected chi connectivity index (χ3v) is 4.93. The Balaban J connectivity index is 2.45. The maximum atomic E-state index is 12.2. The Hall–Kier alpha value is -0.750. The van der Waals surface area contributed by atoms with Crippen LogP contribution in [0.1, 0.15) is 18.1 Å².